The number of ether oxygens (including phenoxy) is 1. The summed E-state index contributed by atoms with van der Waals surface area (Å²) in [5.41, 5.74) is -1.19. The van der Waals surface area contributed by atoms with Crippen molar-refractivity contribution in [1.29, 1.82) is 0 Å². The van der Waals surface area contributed by atoms with Gasteiger partial charge >= 0.3 is 5.97 Å². The summed E-state index contributed by atoms with van der Waals surface area (Å²) in [5.74, 6) is -1.10. The number of hydrogen-bond donors (Lipinski definition) is 2. The van der Waals surface area contributed by atoms with Gasteiger partial charge in [-0.05, 0) is 12.3 Å². The lowest BCUT2D eigenvalue weighted by atomic mass is 9.75. The van der Waals surface area contributed by atoms with Gasteiger partial charge in [-0.1, -0.05) is 27.2 Å². The molecule has 0 aromatic rings. The van der Waals surface area contributed by atoms with Crippen molar-refractivity contribution in [3.05, 3.63) is 0 Å². The molecule has 17 heavy (non-hydrogen) atoms. The number of esters is 1. The molecule has 0 aromatic carbocycles. The summed E-state index contributed by atoms with van der Waals surface area (Å²) in [6.07, 6.45) is 0.135. The zero-order valence-electron chi connectivity index (χ0n) is 10.4. The molecule has 0 saturated carbocycles. The first-order valence-electron chi connectivity index (χ1n) is 6.16. The molecule has 0 aromatic heterocycles. The predicted octanol–water partition coefficient (Wildman–Crippen LogP) is 0.214. The fraction of sp³-hybridized carbons (Fsp3) is 0.833. The highest BCUT2D eigenvalue weighted by Gasteiger charge is 2.71. The van der Waals surface area contributed by atoms with Gasteiger partial charge in [0.15, 0.2) is 0 Å². The summed E-state index contributed by atoms with van der Waals surface area (Å²) >= 11 is 0. The highest BCUT2D eigenvalue weighted by atomic mass is 16.6. The molecule has 5 heteroatoms. The Labute approximate surface area is 101 Å². The standard InChI is InChI=1S/C12H19NO4/c1-4-5-7-9-12(11(16)17-9,13-10(7)15)8(14)6(2)3/h6-9,14H,4-5H2,1-3H3,(H,13,15)/t7-,8+,9?,12?/m1/s1. The molecule has 0 bridgehead atoms. The van der Waals surface area contributed by atoms with E-state index in [1.807, 2.05) is 20.8 Å². The summed E-state index contributed by atoms with van der Waals surface area (Å²) in [4.78, 5) is 23.5. The maximum atomic E-state index is 11.8. The molecule has 2 rings (SSSR count). The number of nitrogens with one attached hydrogen (secondary N) is 1. The van der Waals surface area contributed by atoms with Crippen LogP contribution in [0.15, 0.2) is 0 Å². The quantitative estimate of drug-likeness (QED) is 0.690. The lowest BCUT2D eigenvalue weighted by Crippen LogP contribution is -2.73. The van der Waals surface area contributed by atoms with Crippen LogP contribution in [-0.2, 0) is 14.3 Å². The number of rotatable bonds is 4. The maximum absolute atomic E-state index is 11.8. The molecule has 2 fully saturated rings. The smallest absolute Gasteiger partial charge is 0.338 e. The summed E-state index contributed by atoms with van der Waals surface area (Å²) in [6, 6.07) is 0. The first-order valence-corrected chi connectivity index (χ1v) is 6.16. The Hall–Kier alpha value is -1.10. The molecule has 2 heterocycles. The van der Waals surface area contributed by atoms with Crippen LogP contribution >= 0.6 is 0 Å². The van der Waals surface area contributed by atoms with E-state index in [-0.39, 0.29) is 17.7 Å². The van der Waals surface area contributed by atoms with E-state index in [2.05, 4.69) is 5.32 Å². The second-order valence-electron chi connectivity index (χ2n) is 5.27. The minimum absolute atomic E-state index is 0.106. The second-order valence-corrected chi connectivity index (χ2v) is 5.27. The van der Waals surface area contributed by atoms with E-state index in [1.54, 1.807) is 0 Å². The highest BCUT2D eigenvalue weighted by Crippen LogP contribution is 2.44. The van der Waals surface area contributed by atoms with Crippen molar-refractivity contribution in [2.45, 2.75) is 51.4 Å². The SMILES string of the molecule is CCC[C@H]1C(=O)NC2([C@@H](O)C(C)C)C(=O)OC12. The van der Waals surface area contributed by atoms with Crippen molar-refractivity contribution in [2.24, 2.45) is 11.8 Å². The molecule has 0 spiro atoms. The Morgan fingerprint density at radius 3 is 2.59 bits per heavy atom. The molecular formula is C12H19NO4. The zero-order chi connectivity index (χ0) is 12.8. The minimum Gasteiger partial charge on any atom is -0.456 e. The Balaban J connectivity index is 2.27. The molecule has 0 aliphatic carbocycles. The van der Waals surface area contributed by atoms with E-state index in [9.17, 15) is 14.7 Å². The molecule has 2 saturated heterocycles. The second kappa shape index (κ2) is 3.98. The lowest BCUT2D eigenvalue weighted by Gasteiger charge is -2.46. The van der Waals surface area contributed by atoms with E-state index in [4.69, 9.17) is 4.74 Å². The average molecular weight is 241 g/mol. The van der Waals surface area contributed by atoms with E-state index in [0.29, 0.717) is 6.42 Å². The molecule has 5 nitrogen and oxygen atoms in total. The van der Waals surface area contributed by atoms with Crippen LogP contribution in [0, 0.1) is 11.8 Å². The highest BCUT2D eigenvalue weighted by molar-refractivity contribution is 6.00. The van der Waals surface area contributed by atoms with Crippen LogP contribution < -0.4 is 5.32 Å². The van der Waals surface area contributed by atoms with Crippen molar-refractivity contribution in [1.82, 2.24) is 5.32 Å². The summed E-state index contributed by atoms with van der Waals surface area (Å²) in [7, 11) is 0. The van der Waals surface area contributed by atoms with Crippen molar-refractivity contribution in [2.75, 3.05) is 0 Å². The van der Waals surface area contributed by atoms with E-state index >= 15 is 0 Å². The number of amides is 1. The predicted molar refractivity (Wildman–Crippen MR) is 60.0 cm³/mol. The van der Waals surface area contributed by atoms with Gasteiger partial charge in [0.1, 0.15) is 6.10 Å². The summed E-state index contributed by atoms with van der Waals surface area (Å²) in [6.45, 7) is 5.62. The van der Waals surface area contributed by atoms with Gasteiger partial charge in [0.05, 0.1) is 12.0 Å². The first kappa shape index (κ1) is 12.4. The third kappa shape index (κ3) is 1.48. The topological polar surface area (TPSA) is 75.6 Å². The van der Waals surface area contributed by atoms with Gasteiger partial charge in [-0.2, -0.15) is 0 Å². The van der Waals surface area contributed by atoms with Crippen molar-refractivity contribution >= 4 is 11.9 Å². The molecular weight excluding hydrogens is 222 g/mol. The van der Waals surface area contributed by atoms with Crippen molar-refractivity contribution in [3.63, 3.8) is 0 Å². The van der Waals surface area contributed by atoms with Gasteiger partial charge < -0.3 is 15.2 Å². The lowest BCUT2D eigenvalue weighted by molar-refractivity contribution is -0.207. The van der Waals surface area contributed by atoms with Gasteiger partial charge in [0, 0.05) is 0 Å². The molecule has 1 amide bonds. The number of fused-ring (bicyclic) bond motifs is 1. The Bertz CT molecular complexity index is 354. The molecule has 2 N–H and O–H groups in total. The molecule has 96 valence electrons. The molecule has 2 aliphatic heterocycles. The number of carbonyl (C=O) groups excluding carboxylic acids is 2. The third-order valence-electron chi connectivity index (χ3n) is 3.75. The number of carbonyl (C=O) groups is 2. The van der Waals surface area contributed by atoms with Crippen molar-refractivity contribution < 1.29 is 19.4 Å². The third-order valence-corrected chi connectivity index (χ3v) is 3.75. The first-order chi connectivity index (χ1) is 7.95. The normalized spacial score (nSPS) is 37.2. The average Bonchev–Trinajstić information content (AvgIpc) is 2.49. The fourth-order valence-corrected chi connectivity index (χ4v) is 2.80. The maximum Gasteiger partial charge on any atom is 0.338 e. The van der Waals surface area contributed by atoms with Crippen LogP contribution in [0.1, 0.15) is 33.6 Å². The van der Waals surface area contributed by atoms with Gasteiger partial charge in [0.25, 0.3) is 0 Å². The van der Waals surface area contributed by atoms with Gasteiger partial charge in [-0.25, -0.2) is 4.79 Å². The minimum atomic E-state index is -1.19. The molecule has 2 unspecified atom stereocenters. The van der Waals surface area contributed by atoms with Gasteiger partial charge in [-0.15, -0.1) is 0 Å². The van der Waals surface area contributed by atoms with Crippen LogP contribution in [0.5, 0.6) is 0 Å². The Kier molecular flexibility index (Phi) is 2.89. The Morgan fingerprint density at radius 2 is 2.12 bits per heavy atom. The van der Waals surface area contributed by atoms with Crippen LogP contribution in [0.2, 0.25) is 0 Å². The largest absolute Gasteiger partial charge is 0.456 e. The van der Waals surface area contributed by atoms with Gasteiger partial charge in [-0.3, -0.25) is 4.79 Å². The van der Waals surface area contributed by atoms with Crippen LogP contribution in [-0.4, -0.2) is 34.7 Å². The van der Waals surface area contributed by atoms with Crippen LogP contribution in [0.4, 0.5) is 0 Å². The molecule has 4 atom stereocenters. The van der Waals surface area contributed by atoms with E-state index in [1.165, 1.54) is 0 Å². The zero-order valence-corrected chi connectivity index (χ0v) is 10.4. The van der Waals surface area contributed by atoms with Crippen LogP contribution in [0.25, 0.3) is 0 Å². The summed E-state index contributed by atoms with van der Waals surface area (Å²) in [5, 5.41) is 12.8. The van der Waals surface area contributed by atoms with E-state index in [0.717, 1.165) is 6.42 Å². The number of aliphatic hydroxyl groups is 1. The Morgan fingerprint density at radius 1 is 1.47 bits per heavy atom. The number of aliphatic hydroxyl groups excluding tert-OH is 1. The summed E-state index contributed by atoms with van der Waals surface area (Å²) < 4.78 is 5.09. The van der Waals surface area contributed by atoms with E-state index < -0.39 is 23.7 Å². The van der Waals surface area contributed by atoms with Crippen molar-refractivity contribution in [3.8, 4) is 0 Å². The fourth-order valence-electron chi connectivity index (χ4n) is 2.80. The molecule has 2 aliphatic rings. The van der Waals surface area contributed by atoms with Gasteiger partial charge in [0.2, 0.25) is 11.4 Å². The number of hydrogen-bond acceptors (Lipinski definition) is 4. The monoisotopic (exact) mass is 241 g/mol. The van der Waals surface area contributed by atoms with Crippen LogP contribution in [0.3, 0.4) is 0 Å². The molecule has 0 radical (unpaired) electrons.